The molecule has 0 radical (unpaired) electrons. The largest absolute Gasteiger partial charge is 0.416 e. The van der Waals surface area contributed by atoms with Gasteiger partial charge >= 0.3 is 6.18 Å². The van der Waals surface area contributed by atoms with Gasteiger partial charge in [0.05, 0.1) is 24.3 Å². The monoisotopic (exact) mass is 400 g/mol. The molecule has 11 heteroatoms. The summed E-state index contributed by atoms with van der Waals surface area (Å²) >= 11 is 0. The van der Waals surface area contributed by atoms with Crippen LogP contribution in [0.5, 0.6) is 0 Å². The van der Waals surface area contributed by atoms with Gasteiger partial charge in [-0.05, 0) is 25.1 Å². The van der Waals surface area contributed by atoms with Crippen molar-refractivity contribution in [2.45, 2.75) is 24.4 Å². The normalized spacial score (nSPS) is 21.5. The first-order valence-electron chi connectivity index (χ1n) is 8.72. The molecule has 2 aliphatic rings. The van der Waals surface area contributed by atoms with Crippen molar-refractivity contribution in [3.05, 3.63) is 35.7 Å². The second kappa shape index (κ2) is 6.80. The Bertz CT molecular complexity index is 857. The van der Waals surface area contributed by atoms with Gasteiger partial charge in [0.25, 0.3) is 5.92 Å². The van der Waals surface area contributed by atoms with Gasteiger partial charge in [-0.2, -0.15) is 18.2 Å². The molecule has 0 saturated carbocycles. The van der Waals surface area contributed by atoms with E-state index in [1.54, 1.807) is 6.07 Å². The summed E-state index contributed by atoms with van der Waals surface area (Å²) in [5, 5.41) is 5.95. The minimum Gasteiger partial charge on any atom is -0.329 e. The number of alkyl halides is 5. The summed E-state index contributed by atoms with van der Waals surface area (Å²) in [7, 11) is 0. The zero-order valence-corrected chi connectivity index (χ0v) is 14.6. The molecular weight excluding hydrogens is 383 g/mol. The van der Waals surface area contributed by atoms with Crippen LogP contribution < -0.4 is 15.5 Å². The van der Waals surface area contributed by atoms with Crippen molar-refractivity contribution in [2.75, 3.05) is 36.4 Å². The van der Waals surface area contributed by atoms with E-state index in [9.17, 15) is 22.0 Å². The summed E-state index contributed by atoms with van der Waals surface area (Å²) in [5.74, 6) is -2.40. The van der Waals surface area contributed by atoms with Crippen molar-refractivity contribution in [3.8, 4) is 0 Å². The number of aromatic nitrogens is 3. The van der Waals surface area contributed by atoms with Crippen molar-refractivity contribution < 1.29 is 22.0 Å². The molecule has 4 rings (SSSR count). The second-order valence-corrected chi connectivity index (χ2v) is 6.93. The molecule has 0 aromatic carbocycles. The van der Waals surface area contributed by atoms with E-state index in [-0.39, 0.29) is 23.5 Å². The number of rotatable bonds is 4. The summed E-state index contributed by atoms with van der Waals surface area (Å²) in [5.41, 5.74) is -0.193. The molecule has 1 atom stereocenters. The van der Waals surface area contributed by atoms with Gasteiger partial charge in [-0.15, -0.1) is 0 Å². The lowest BCUT2D eigenvalue weighted by Crippen LogP contribution is -2.57. The number of nitrogens with zero attached hydrogens (tertiary/aromatic N) is 4. The van der Waals surface area contributed by atoms with Gasteiger partial charge < -0.3 is 15.5 Å². The third-order valence-electron chi connectivity index (χ3n) is 4.68. The minimum atomic E-state index is -4.50. The fraction of sp³-hybridized carbons (Fsp3) is 0.471. The summed E-state index contributed by atoms with van der Waals surface area (Å²) in [4.78, 5) is 13.8. The molecule has 2 aromatic rings. The number of hydrogen-bond donors (Lipinski definition) is 2. The fourth-order valence-electron chi connectivity index (χ4n) is 3.23. The van der Waals surface area contributed by atoms with Crippen LogP contribution >= 0.6 is 0 Å². The molecule has 0 bridgehead atoms. The Labute approximate surface area is 157 Å². The number of hydrogen-bond acceptors (Lipinski definition) is 6. The first-order chi connectivity index (χ1) is 13.2. The smallest absolute Gasteiger partial charge is 0.329 e. The fourth-order valence-corrected chi connectivity index (χ4v) is 3.23. The van der Waals surface area contributed by atoms with E-state index >= 15 is 0 Å². The number of pyridine rings is 1. The van der Waals surface area contributed by atoms with E-state index in [0.29, 0.717) is 12.2 Å². The van der Waals surface area contributed by atoms with Crippen molar-refractivity contribution in [3.63, 3.8) is 0 Å². The Morgan fingerprint density at radius 2 is 1.93 bits per heavy atom. The van der Waals surface area contributed by atoms with Crippen LogP contribution in [0.15, 0.2) is 24.4 Å². The van der Waals surface area contributed by atoms with E-state index in [0.717, 1.165) is 31.3 Å². The van der Waals surface area contributed by atoms with Crippen LogP contribution in [-0.4, -0.2) is 47.1 Å². The van der Waals surface area contributed by atoms with Gasteiger partial charge in [-0.25, -0.2) is 18.7 Å². The quantitative estimate of drug-likeness (QED) is 0.769. The lowest BCUT2D eigenvalue weighted by molar-refractivity contribution is -0.137. The molecule has 2 fully saturated rings. The Morgan fingerprint density at radius 3 is 2.57 bits per heavy atom. The molecule has 1 unspecified atom stereocenters. The number of halogens is 5. The van der Waals surface area contributed by atoms with E-state index < -0.39 is 30.8 Å². The zero-order valence-electron chi connectivity index (χ0n) is 14.6. The minimum absolute atomic E-state index is 0.0380. The first-order valence-corrected chi connectivity index (χ1v) is 8.72. The van der Waals surface area contributed by atoms with Gasteiger partial charge in [-0.3, -0.25) is 0 Å². The predicted octanol–water partition coefficient (Wildman–Crippen LogP) is 3.17. The predicted molar refractivity (Wildman–Crippen MR) is 91.9 cm³/mol. The Balaban J connectivity index is 1.63. The Hall–Kier alpha value is -2.56. The Kier molecular flexibility index (Phi) is 4.56. The summed E-state index contributed by atoms with van der Waals surface area (Å²) in [6, 6.07) is 3.37. The third-order valence-corrected chi connectivity index (χ3v) is 4.68. The highest BCUT2D eigenvalue weighted by Gasteiger charge is 2.45. The summed E-state index contributed by atoms with van der Waals surface area (Å²) in [6.45, 7) is 0.527. The topological polar surface area (TPSA) is 66.0 Å². The molecule has 2 aliphatic heterocycles. The van der Waals surface area contributed by atoms with Gasteiger partial charge in [0, 0.05) is 24.7 Å². The molecule has 0 spiro atoms. The average molecular weight is 400 g/mol. The van der Waals surface area contributed by atoms with Gasteiger partial charge in [0.1, 0.15) is 11.6 Å². The molecule has 150 valence electrons. The van der Waals surface area contributed by atoms with Crippen LogP contribution in [0.3, 0.4) is 0 Å². The van der Waals surface area contributed by atoms with E-state index in [4.69, 9.17) is 0 Å². The first kappa shape index (κ1) is 18.8. The zero-order chi connectivity index (χ0) is 19.9. The molecule has 6 nitrogen and oxygen atoms in total. The molecule has 2 aromatic heterocycles. The molecule has 2 N–H and O–H groups in total. The van der Waals surface area contributed by atoms with Crippen molar-refractivity contribution >= 4 is 17.6 Å². The van der Waals surface area contributed by atoms with Crippen LogP contribution in [0.2, 0.25) is 0 Å². The van der Waals surface area contributed by atoms with Crippen molar-refractivity contribution in [2.24, 2.45) is 0 Å². The summed E-state index contributed by atoms with van der Waals surface area (Å²) in [6.07, 6.45) is -2.63. The van der Waals surface area contributed by atoms with Crippen molar-refractivity contribution in [1.29, 1.82) is 0 Å². The van der Waals surface area contributed by atoms with Gasteiger partial charge in [0.2, 0.25) is 5.95 Å². The molecular formula is C17H17F5N6. The lowest BCUT2D eigenvalue weighted by atomic mass is 10.0. The van der Waals surface area contributed by atoms with Gasteiger partial charge in [-0.1, -0.05) is 0 Å². The molecule has 4 heterocycles. The van der Waals surface area contributed by atoms with E-state index in [2.05, 4.69) is 25.6 Å². The van der Waals surface area contributed by atoms with Crippen LogP contribution in [0, 0.1) is 0 Å². The van der Waals surface area contributed by atoms with Crippen molar-refractivity contribution in [1.82, 2.24) is 20.3 Å². The van der Waals surface area contributed by atoms with Gasteiger partial charge in [0.15, 0.2) is 0 Å². The molecule has 2 saturated heterocycles. The highest BCUT2D eigenvalue weighted by Crippen LogP contribution is 2.33. The standard InChI is InChI=1S/C17H17F5N6/c18-16(19)8-28(9-16)15-25-12(10-1-3-23-7-10)6-14(27-15)26-13-5-11(2-4-24-13)17(20,21)22/h2,4-6,10,23H,1,3,7-9H2,(H,24,25,26,27). The van der Waals surface area contributed by atoms with E-state index in [1.165, 1.54) is 4.90 Å². The molecule has 0 aliphatic carbocycles. The maximum absolute atomic E-state index is 13.2. The summed E-state index contributed by atoms with van der Waals surface area (Å²) < 4.78 is 65.2. The highest BCUT2D eigenvalue weighted by molar-refractivity contribution is 5.56. The van der Waals surface area contributed by atoms with Crippen LogP contribution in [0.4, 0.5) is 39.5 Å². The van der Waals surface area contributed by atoms with Crippen LogP contribution in [-0.2, 0) is 6.18 Å². The lowest BCUT2D eigenvalue weighted by Gasteiger charge is -2.38. The SMILES string of the molecule is FC1(F)CN(c2nc(Nc3cc(C(F)(F)F)ccn3)cc(C3CCNC3)n2)C1. The van der Waals surface area contributed by atoms with E-state index in [1.807, 2.05) is 0 Å². The maximum Gasteiger partial charge on any atom is 0.416 e. The average Bonchev–Trinajstić information content (AvgIpc) is 3.13. The third kappa shape index (κ3) is 3.98. The number of nitrogens with one attached hydrogen (secondary N) is 2. The number of anilines is 3. The molecule has 0 amide bonds. The second-order valence-electron chi connectivity index (χ2n) is 6.93. The Morgan fingerprint density at radius 1 is 1.14 bits per heavy atom. The maximum atomic E-state index is 13.2. The van der Waals surface area contributed by atoms with Crippen LogP contribution in [0.25, 0.3) is 0 Å². The van der Waals surface area contributed by atoms with Crippen LogP contribution in [0.1, 0.15) is 23.6 Å². The highest BCUT2D eigenvalue weighted by atomic mass is 19.4. The molecule has 28 heavy (non-hydrogen) atoms.